The first-order chi connectivity index (χ1) is 18.6. The molecule has 5 rings (SSSR count). The van der Waals surface area contributed by atoms with E-state index < -0.39 is 27.7 Å². The smallest absolute Gasteiger partial charge is 0.263 e. The number of fused-ring (bicyclic) bond motifs is 1. The summed E-state index contributed by atoms with van der Waals surface area (Å²) in [6.07, 6.45) is 1.28. The van der Waals surface area contributed by atoms with Crippen molar-refractivity contribution in [1.82, 2.24) is 9.72 Å². The number of allylic oxidation sites excluding steroid dienone is 3. The van der Waals surface area contributed by atoms with Gasteiger partial charge in [0.15, 0.2) is 5.82 Å². The number of pyridine rings is 1. The molecule has 2 aromatic heterocycles. The zero-order valence-corrected chi connectivity index (χ0v) is 22.6. The zero-order chi connectivity index (χ0) is 27.9. The van der Waals surface area contributed by atoms with Gasteiger partial charge in [-0.05, 0) is 53.6 Å². The van der Waals surface area contributed by atoms with Gasteiger partial charge in [-0.2, -0.15) is 0 Å². The van der Waals surface area contributed by atoms with E-state index in [1.807, 2.05) is 0 Å². The molecule has 202 valence electrons. The van der Waals surface area contributed by atoms with E-state index in [1.165, 1.54) is 61.4 Å². The highest BCUT2D eigenvalue weighted by molar-refractivity contribution is 7.92. The fourth-order valence-electron chi connectivity index (χ4n) is 4.59. The summed E-state index contributed by atoms with van der Waals surface area (Å²) in [5.41, 5.74) is 1.16. The summed E-state index contributed by atoms with van der Waals surface area (Å²) in [6.45, 7) is 1.66. The molecule has 0 bridgehead atoms. The molecule has 2 unspecified atom stereocenters. The third kappa shape index (κ3) is 4.79. The van der Waals surface area contributed by atoms with Crippen LogP contribution in [0.2, 0.25) is 5.02 Å². The number of hydrogen-bond acceptors (Lipinski definition) is 7. The van der Waals surface area contributed by atoms with Crippen molar-refractivity contribution in [3.05, 3.63) is 93.6 Å². The van der Waals surface area contributed by atoms with Crippen LogP contribution in [0.15, 0.2) is 86.9 Å². The monoisotopic (exact) mass is 571 g/mol. The number of halogens is 2. The van der Waals surface area contributed by atoms with E-state index in [-0.39, 0.29) is 16.5 Å². The molecule has 1 aliphatic carbocycles. The molecule has 2 heterocycles. The molecule has 0 fully saturated rings. The molecule has 1 N–H and O–H groups in total. The van der Waals surface area contributed by atoms with Gasteiger partial charge in [0, 0.05) is 23.4 Å². The van der Waals surface area contributed by atoms with Crippen molar-refractivity contribution in [2.24, 2.45) is 5.92 Å². The Morgan fingerprint density at radius 2 is 1.87 bits per heavy atom. The number of ether oxygens (including phenoxy) is 2. The quantitative estimate of drug-likeness (QED) is 0.319. The van der Waals surface area contributed by atoms with Gasteiger partial charge in [0.1, 0.15) is 23.9 Å². The fourth-order valence-corrected chi connectivity index (χ4v) is 5.88. The van der Waals surface area contributed by atoms with Crippen LogP contribution in [0.3, 0.4) is 0 Å². The molecule has 4 aromatic rings. The normalized spacial score (nSPS) is 17.7. The summed E-state index contributed by atoms with van der Waals surface area (Å²) < 4.78 is 60.9. The number of aromatic nitrogens is 2. The minimum absolute atomic E-state index is 0.0284. The molecule has 0 spiro atoms. The van der Waals surface area contributed by atoms with Gasteiger partial charge in [-0.25, -0.2) is 12.8 Å². The van der Waals surface area contributed by atoms with E-state index in [1.54, 1.807) is 31.2 Å². The highest BCUT2D eigenvalue weighted by Gasteiger charge is 2.34. The minimum Gasteiger partial charge on any atom is -0.495 e. The number of nitrogens with one attached hydrogen (secondary N) is 1. The van der Waals surface area contributed by atoms with E-state index >= 15 is 4.39 Å². The number of anilines is 1. The van der Waals surface area contributed by atoms with Gasteiger partial charge in [0.05, 0.1) is 35.4 Å². The molecule has 39 heavy (non-hydrogen) atoms. The van der Waals surface area contributed by atoms with E-state index in [4.69, 9.17) is 21.1 Å². The van der Waals surface area contributed by atoms with Crippen LogP contribution in [0, 0.1) is 5.92 Å². The van der Waals surface area contributed by atoms with E-state index in [2.05, 4.69) is 14.4 Å². The van der Waals surface area contributed by atoms with Crippen LogP contribution in [0.1, 0.15) is 12.5 Å². The lowest BCUT2D eigenvalue weighted by Crippen LogP contribution is -2.30. The molecule has 12 heteroatoms. The summed E-state index contributed by atoms with van der Waals surface area (Å²) in [4.78, 5) is 13.1. The Labute approximate surface area is 228 Å². The standard InChI is InChI=1S/C27H23ClFN3O6S/c1-15-26(29)19(16-4-8-22(36-2)20(28)13-16)14-23(37-3)27(15)32-21-7-6-18(12-17(21)5-9-25(32)33)39(34,35)31-24-10-11-38-30-24/h4-15,26H,1-3H3,(H,30,31). The lowest BCUT2D eigenvalue weighted by atomic mass is 9.85. The average Bonchev–Trinajstić information content (AvgIpc) is 3.42. The number of sulfonamides is 1. The van der Waals surface area contributed by atoms with E-state index in [0.717, 1.165) is 0 Å². The van der Waals surface area contributed by atoms with Crippen LogP contribution in [0.25, 0.3) is 22.2 Å². The van der Waals surface area contributed by atoms with Gasteiger partial charge in [-0.1, -0.05) is 29.7 Å². The Morgan fingerprint density at radius 1 is 1.08 bits per heavy atom. The number of benzene rings is 2. The molecular formula is C27H23ClFN3O6S. The molecule has 0 radical (unpaired) electrons. The summed E-state index contributed by atoms with van der Waals surface area (Å²) in [7, 11) is -1.06. The lowest BCUT2D eigenvalue weighted by molar-refractivity contribution is 0.285. The third-order valence-corrected chi connectivity index (χ3v) is 8.15. The van der Waals surface area contributed by atoms with Crippen molar-refractivity contribution < 1.29 is 26.8 Å². The first-order valence-corrected chi connectivity index (χ1v) is 13.6. The number of rotatable bonds is 7. The lowest BCUT2D eigenvalue weighted by Gasteiger charge is -2.30. The molecule has 0 saturated carbocycles. The highest BCUT2D eigenvalue weighted by atomic mass is 35.5. The Morgan fingerprint density at radius 3 is 2.54 bits per heavy atom. The second kappa shape index (κ2) is 10.2. The maximum Gasteiger partial charge on any atom is 0.263 e. The van der Waals surface area contributed by atoms with Crippen LogP contribution in [-0.2, 0) is 14.8 Å². The maximum atomic E-state index is 16.0. The van der Waals surface area contributed by atoms with Crippen molar-refractivity contribution in [3.63, 3.8) is 0 Å². The summed E-state index contributed by atoms with van der Waals surface area (Å²) in [5, 5.41) is 4.34. The van der Waals surface area contributed by atoms with Crippen LogP contribution < -0.4 is 15.0 Å². The first kappa shape index (κ1) is 26.5. The van der Waals surface area contributed by atoms with Crippen molar-refractivity contribution in [2.75, 3.05) is 18.9 Å². The third-order valence-electron chi connectivity index (χ3n) is 6.51. The second-order valence-electron chi connectivity index (χ2n) is 8.81. The maximum absolute atomic E-state index is 16.0. The van der Waals surface area contributed by atoms with Crippen LogP contribution in [0.5, 0.6) is 5.75 Å². The van der Waals surface area contributed by atoms with Crippen molar-refractivity contribution in [3.8, 4) is 5.75 Å². The van der Waals surface area contributed by atoms with Gasteiger partial charge in [-0.3, -0.25) is 14.1 Å². The molecule has 1 aliphatic rings. The van der Waals surface area contributed by atoms with Crippen LogP contribution >= 0.6 is 11.6 Å². The number of methoxy groups -OCH3 is 2. The molecular weight excluding hydrogens is 549 g/mol. The summed E-state index contributed by atoms with van der Waals surface area (Å²) >= 11 is 6.28. The highest BCUT2D eigenvalue weighted by Crippen LogP contribution is 2.41. The molecule has 9 nitrogen and oxygen atoms in total. The Bertz CT molecular complexity index is 1800. The Hall–Kier alpha value is -4.09. The molecule has 0 saturated heterocycles. The largest absolute Gasteiger partial charge is 0.495 e. The van der Waals surface area contributed by atoms with Gasteiger partial charge in [0.2, 0.25) is 0 Å². The summed E-state index contributed by atoms with van der Waals surface area (Å²) in [6, 6.07) is 13.4. The van der Waals surface area contributed by atoms with Gasteiger partial charge >= 0.3 is 0 Å². The van der Waals surface area contributed by atoms with Crippen molar-refractivity contribution in [1.29, 1.82) is 0 Å². The number of hydrogen-bond donors (Lipinski definition) is 1. The molecule has 0 aliphatic heterocycles. The van der Waals surface area contributed by atoms with Gasteiger partial charge in [0.25, 0.3) is 15.6 Å². The van der Waals surface area contributed by atoms with Gasteiger partial charge in [-0.15, -0.1) is 0 Å². The van der Waals surface area contributed by atoms with Crippen molar-refractivity contribution in [2.45, 2.75) is 18.0 Å². The minimum atomic E-state index is -3.99. The Kier molecular flexibility index (Phi) is 6.96. The Balaban J connectivity index is 1.64. The van der Waals surface area contributed by atoms with Gasteiger partial charge < -0.3 is 14.0 Å². The predicted molar refractivity (Wildman–Crippen MR) is 146 cm³/mol. The molecule has 0 amide bonds. The number of nitrogens with zero attached hydrogens (tertiary/aromatic N) is 2. The molecule has 2 atom stereocenters. The number of alkyl halides is 1. The van der Waals surface area contributed by atoms with Crippen LogP contribution in [-0.4, -0.2) is 38.5 Å². The summed E-state index contributed by atoms with van der Waals surface area (Å²) in [5.74, 6) is -0.0252. The topological polar surface area (TPSA) is 113 Å². The first-order valence-electron chi connectivity index (χ1n) is 11.7. The SMILES string of the molecule is COC1=C(n2c(=O)ccc3cc(S(=O)(=O)Nc4ccon4)ccc32)C(C)C(F)C(c2ccc(OC)c(Cl)c2)=C1. The van der Waals surface area contributed by atoms with Crippen molar-refractivity contribution >= 4 is 49.6 Å². The zero-order valence-electron chi connectivity index (χ0n) is 21.0. The van der Waals surface area contributed by atoms with Crippen LogP contribution in [0.4, 0.5) is 10.2 Å². The van der Waals surface area contributed by atoms with E-state index in [9.17, 15) is 13.2 Å². The molecule has 2 aromatic carbocycles. The average molecular weight is 572 g/mol. The predicted octanol–water partition coefficient (Wildman–Crippen LogP) is 5.34. The van der Waals surface area contributed by atoms with E-state index in [0.29, 0.717) is 38.5 Å². The fraction of sp³-hybridized carbons (Fsp3) is 0.185. The second-order valence-corrected chi connectivity index (χ2v) is 10.9.